The van der Waals surface area contributed by atoms with Crippen molar-refractivity contribution in [2.75, 3.05) is 11.4 Å². The van der Waals surface area contributed by atoms with E-state index in [2.05, 4.69) is 4.98 Å². The van der Waals surface area contributed by atoms with E-state index in [0.29, 0.717) is 0 Å². The van der Waals surface area contributed by atoms with Gasteiger partial charge in [0.15, 0.2) is 0 Å². The molecule has 0 aliphatic heterocycles. The summed E-state index contributed by atoms with van der Waals surface area (Å²) in [7, 11) is 0. The lowest BCUT2D eigenvalue weighted by atomic mass is 10.2. The van der Waals surface area contributed by atoms with Gasteiger partial charge in [0.05, 0.1) is 0 Å². The van der Waals surface area contributed by atoms with E-state index in [1.54, 1.807) is 37.3 Å². The molecule has 20 heavy (non-hydrogen) atoms. The average molecular weight is 284 g/mol. The van der Waals surface area contributed by atoms with Crippen molar-refractivity contribution < 1.29 is 17.6 Å². The van der Waals surface area contributed by atoms with Gasteiger partial charge in [-0.1, -0.05) is 30.3 Å². The number of hydrogen-bond acceptors (Lipinski definition) is 2. The van der Waals surface area contributed by atoms with Crippen molar-refractivity contribution in [1.82, 2.24) is 4.98 Å². The fourth-order valence-electron chi connectivity index (χ4n) is 1.91. The van der Waals surface area contributed by atoms with Crippen molar-refractivity contribution in [2.24, 2.45) is 0 Å². The molecule has 0 amide bonds. The molecule has 0 spiro atoms. The van der Waals surface area contributed by atoms with Crippen molar-refractivity contribution in [3.63, 3.8) is 0 Å². The van der Waals surface area contributed by atoms with Gasteiger partial charge in [0.25, 0.3) is 11.9 Å². The second-order valence-corrected chi connectivity index (χ2v) is 4.17. The molecule has 0 fully saturated rings. The molecule has 0 atom stereocenters. The molecule has 0 bridgehead atoms. The molecular weight excluding hydrogens is 272 g/mol. The molecule has 0 unspecified atom stereocenters. The monoisotopic (exact) mass is 284 g/mol. The Labute approximate surface area is 113 Å². The first-order chi connectivity index (χ1) is 9.54. The summed E-state index contributed by atoms with van der Waals surface area (Å²) in [5.74, 6) is -6.26. The zero-order valence-corrected chi connectivity index (χ0v) is 10.7. The molecule has 2 nitrogen and oxygen atoms in total. The molecule has 2 aromatic rings. The Morgan fingerprint density at radius 3 is 2.00 bits per heavy atom. The molecule has 1 aromatic carbocycles. The Balaban J connectivity index is 2.42. The second kappa shape index (κ2) is 5.90. The molecule has 0 N–H and O–H groups in total. The van der Waals surface area contributed by atoms with Gasteiger partial charge in [-0.15, -0.1) is 0 Å². The van der Waals surface area contributed by atoms with E-state index in [4.69, 9.17) is 0 Å². The first kappa shape index (κ1) is 14.3. The maximum atomic E-state index is 13.7. The van der Waals surface area contributed by atoms with Gasteiger partial charge in [-0.2, -0.15) is 22.5 Å². The third kappa shape index (κ3) is 2.74. The highest BCUT2D eigenvalue weighted by atomic mass is 19.2. The summed E-state index contributed by atoms with van der Waals surface area (Å²) in [5, 5.41) is 0. The number of anilines is 1. The predicted octanol–water partition coefficient (Wildman–Crippen LogP) is 3.66. The normalized spacial score (nSPS) is 10.7. The van der Waals surface area contributed by atoms with Crippen LogP contribution in [0.4, 0.5) is 23.2 Å². The summed E-state index contributed by atoms with van der Waals surface area (Å²) in [6, 6.07) is 8.85. The predicted molar refractivity (Wildman–Crippen MR) is 67.2 cm³/mol. The van der Waals surface area contributed by atoms with Crippen LogP contribution in [-0.2, 0) is 6.54 Å². The molecule has 0 aliphatic rings. The summed E-state index contributed by atoms with van der Waals surface area (Å²) in [6.07, 6.45) is 0. The number of hydrogen-bond donors (Lipinski definition) is 0. The van der Waals surface area contributed by atoms with Crippen molar-refractivity contribution >= 4 is 5.69 Å². The van der Waals surface area contributed by atoms with Gasteiger partial charge in [-0.05, 0) is 12.5 Å². The maximum absolute atomic E-state index is 13.7. The van der Waals surface area contributed by atoms with Gasteiger partial charge >= 0.3 is 0 Å². The first-order valence-corrected chi connectivity index (χ1v) is 6.03. The lowest BCUT2D eigenvalue weighted by Crippen LogP contribution is -2.25. The van der Waals surface area contributed by atoms with Gasteiger partial charge in [-0.25, -0.2) is 0 Å². The zero-order chi connectivity index (χ0) is 14.7. The Kier molecular flexibility index (Phi) is 4.22. The van der Waals surface area contributed by atoms with Crippen molar-refractivity contribution in [1.29, 1.82) is 0 Å². The molecule has 6 heteroatoms. The number of rotatable bonds is 4. The fraction of sp³-hybridized carbons (Fsp3) is 0.214. The zero-order valence-electron chi connectivity index (χ0n) is 10.7. The minimum atomic E-state index is -1.65. The molecule has 0 saturated heterocycles. The largest absolute Gasteiger partial charge is 0.362 e. The van der Waals surface area contributed by atoms with E-state index in [9.17, 15) is 17.6 Å². The average Bonchev–Trinajstić information content (AvgIpc) is 2.45. The van der Waals surface area contributed by atoms with Crippen LogP contribution in [0.2, 0.25) is 0 Å². The Bertz CT molecular complexity index is 576. The summed E-state index contributed by atoms with van der Waals surface area (Å²) in [5.41, 5.74) is 0.0344. The highest BCUT2D eigenvalue weighted by Crippen LogP contribution is 2.27. The highest BCUT2D eigenvalue weighted by molar-refractivity contribution is 5.49. The standard InChI is InChI=1S/C14H12F4N2/c1-2-20(8-9-6-4-3-5-7-9)12-10(15)13(17)19-14(18)11(12)16/h3-7H,2,8H2,1H3. The van der Waals surface area contributed by atoms with Crippen molar-refractivity contribution in [3.05, 3.63) is 59.4 Å². The number of halogens is 4. The van der Waals surface area contributed by atoms with Crippen LogP contribution >= 0.6 is 0 Å². The summed E-state index contributed by atoms with van der Waals surface area (Å²) in [4.78, 5) is 3.76. The van der Waals surface area contributed by atoms with Crippen molar-refractivity contribution in [2.45, 2.75) is 13.5 Å². The van der Waals surface area contributed by atoms with Crippen LogP contribution in [0.1, 0.15) is 12.5 Å². The Morgan fingerprint density at radius 2 is 1.50 bits per heavy atom. The molecule has 1 aromatic heterocycles. The number of aromatic nitrogens is 1. The van der Waals surface area contributed by atoms with E-state index in [-0.39, 0.29) is 13.1 Å². The van der Waals surface area contributed by atoms with Gasteiger partial charge in [0.1, 0.15) is 5.69 Å². The van der Waals surface area contributed by atoms with Gasteiger partial charge in [-0.3, -0.25) is 0 Å². The Morgan fingerprint density at radius 1 is 0.950 bits per heavy atom. The highest BCUT2D eigenvalue weighted by Gasteiger charge is 2.24. The molecule has 2 rings (SSSR count). The number of pyridine rings is 1. The number of nitrogens with zero attached hydrogens (tertiary/aromatic N) is 2. The van der Waals surface area contributed by atoms with E-state index in [0.717, 1.165) is 5.56 Å². The van der Waals surface area contributed by atoms with Crippen molar-refractivity contribution in [3.8, 4) is 0 Å². The summed E-state index contributed by atoms with van der Waals surface area (Å²) in [6.45, 7) is 1.96. The van der Waals surface area contributed by atoms with Gasteiger partial charge in [0, 0.05) is 13.1 Å². The van der Waals surface area contributed by atoms with Crippen LogP contribution < -0.4 is 4.90 Å². The molecular formula is C14H12F4N2. The number of benzene rings is 1. The third-order valence-electron chi connectivity index (χ3n) is 2.89. The van der Waals surface area contributed by atoms with Gasteiger partial charge in [0.2, 0.25) is 11.6 Å². The quantitative estimate of drug-likeness (QED) is 0.629. The topological polar surface area (TPSA) is 16.1 Å². The van der Waals surface area contributed by atoms with E-state index in [1.165, 1.54) is 4.90 Å². The SMILES string of the molecule is CCN(Cc1ccccc1)c1c(F)c(F)nc(F)c1F. The summed E-state index contributed by atoms with van der Waals surface area (Å²) < 4.78 is 53.7. The molecule has 1 heterocycles. The second-order valence-electron chi connectivity index (χ2n) is 4.17. The van der Waals surface area contributed by atoms with Crippen LogP contribution in [0.5, 0.6) is 0 Å². The molecule has 106 valence electrons. The Hall–Kier alpha value is -2.11. The summed E-state index contributed by atoms with van der Waals surface area (Å²) >= 11 is 0. The maximum Gasteiger partial charge on any atom is 0.253 e. The molecule has 0 radical (unpaired) electrons. The molecule has 0 aliphatic carbocycles. The van der Waals surface area contributed by atoms with Crippen LogP contribution in [0.15, 0.2) is 30.3 Å². The van der Waals surface area contributed by atoms with Crippen LogP contribution in [0, 0.1) is 23.5 Å². The van der Waals surface area contributed by atoms with E-state index < -0.39 is 29.2 Å². The smallest absolute Gasteiger partial charge is 0.253 e. The van der Waals surface area contributed by atoms with Crippen LogP contribution in [0.25, 0.3) is 0 Å². The van der Waals surface area contributed by atoms with E-state index in [1.807, 2.05) is 0 Å². The first-order valence-electron chi connectivity index (χ1n) is 6.03. The van der Waals surface area contributed by atoms with Crippen LogP contribution in [0.3, 0.4) is 0 Å². The lowest BCUT2D eigenvalue weighted by molar-refractivity contribution is 0.405. The minimum Gasteiger partial charge on any atom is -0.362 e. The fourth-order valence-corrected chi connectivity index (χ4v) is 1.91. The lowest BCUT2D eigenvalue weighted by Gasteiger charge is -2.24. The van der Waals surface area contributed by atoms with Gasteiger partial charge < -0.3 is 4.90 Å². The minimum absolute atomic E-state index is 0.133. The van der Waals surface area contributed by atoms with E-state index >= 15 is 0 Å². The van der Waals surface area contributed by atoms with Crippen LogP contribution in [-0.4, -0.2) is 11.5 Å². The molecule has 0 saturated carbocycles. The third-order valence-corrected chi connectivity index (χ3v) is 2.89.